The van der Waals surface area contributed by atoms with Gasteiger partial charge in [-0.3, -0.25) is 4.55 Å². The fraction of sp³-hybridized carbons (Fsp3) is 1.00. The Hall–Kier alpha value is 0.750. The van der Waals surface area contributed by atoms with Gasteiger partial charge in [0.25, 0.3) is 10.1 Å². The summed E-state index contributed by atoms with van der Waals surface area (Å²) in [5.74, 6) is -0.547. The second-order valence-electron chi connectivity index (χ2n) is 2.97. The van der Waals surface area contributed by atoms with Crippen LogP contribution in [0, 0.1) is 0 Å². The molecule has 0 aliphatic rings. The predicted octanol–water partition coefficient (Wildman–Crippen LogP) is -3.20. The van der Waals surface area contributed by atoms with Crippen molar-refractivity contribution in [1.82, 2.24) is 5.32 Å². The monoisotopic (exact) mass is 252 g/mol. The van der Waals surface area contributed by atoms with Crippen molar-refractivity contribution in [3.8, 4) is 0 Å². The number of hydrogen-bond donors (Lipinski definition) is 5. The first-order valence-corrected chi connectivity index (χ1v) is 5.53. The van der Waals surface area contributed by atoms with E-state index in [4.69, 9.17) is 19.9 Å². The Morgan fingerprint density at radius 1 is 1.07 bits per heavy atom. The predicted molar refractivity (Wildman–Crippen MR) is 54.2 cm³/mol. The van der Waals surface area contributed by atoms with Crippen LogP contribution in [0.3, 0.4) is 0 Å². The van der Waals surface area contributed by atoms with Gasteiger partial charge >= 0.3 is 0 Å². The third-order valence-electron chi connectivity index (χ3n) is 1.77. The van der Waals surface area contributed by atoms with E-state index < -0.39 is 41.2 Å². The molecule has 0 saturated heterocycles. The molecule has 0 aromatic rings. The van der Waals surface area contributed by atoms with E-state index in [1.807, 2.05) is 0 Å². The summed E-state index contributed by atoms with van der Waals surface area (Å²) in [5.41, 5.74) is -1.31. The Morgan fingerprint density at radius 2 is 1.47 bits per heavy atom. The zero-order valence-electron chi connectivity index (χ0n) is 8.55. The summed E-state index contributed by atoms with van der Waals surface area (Å²) >= 11 is 0. The van der Waals surface area contributed by atoms with Crippen molar-refractivity contribution in [2.45, 2.75) is 5.54 Å². The van der Waals surface area contributed by atoms with Gasteiger partial charge in [-0.1, -0.05) is 0 Å². The molecule has 0 aliphatic heterocycles. The van der Waals surface area contributed by atoms with E-state index in [0.29, 0.717) is 0 Å². The van der Waals surface area contributed by atoms with E-state index >= 15 is 0 Å². The molecule has 0 fully saturated rings. The molecule has 0 unspecified atom stereocenters. The van der Waals surface area contributed by atoms with Gasteiger partial charge in [-0.25, -0.2) is 0 Å². The van der Waals surface area contributed by atoms with Gasteiger partial charge in [0.2, 0.25) is 0 Å². The summed E-state index contributed by atoms with van der Waals surface area (Å²) in [6, 6.07) is 0. The maximum atomic E-state index is 10.3. The molecule has 0 heterocycles. The van der Waals surface area contributed by atoms with Gasteiger partial charge in [0.05, 0.1) is 31.1 Å². The molecule has 0 bridgehead atoms. The van der Waals surface area contributed by atoms with Crippen LogP contribution in [-0.4, -0.2) is 95.5 Å². The SMILES string of the molecule is O=S(=O)(O)CCNC(CO)(CO)CO.[Na]. The van der Waals surface area contributed by atoms with E-state index in [2.05, 4.69) is 5.32 Å². The Morgan fingerprint density at radius 3 is 1.73 bits per heavy atom. The molecule has 0 saturated carbocycles. The fourth-order valence-electron chi connectivity index (χ4n) is 0.763. The third kappa shape index (κ3) is 7.61. The molecule has 0 aromatic carbocycles. The summed E-state index contributed by atoms with van der Waals surface area (Å²) < 4.78 is 29.0. The van der Waals surface area contributed by atoms with Crippen LogP contribution in [0.5, 0.6) is 0 Å². The van der Waals surface area contributed by atoms with Gasteiger partial charge in [-0.15, -0.1) is 0 Å². The van der Waals surface area contributed by atoms with Gasteiger partial charge in [-0.05, 0) is 0 Å². The number of aliphatic hydroxyl groups is 3. The second-order valence-corrected chi connectivity index (χ2v) is 4.54. The van der Waals surface area contributed by atoms with Crippen molar-refractivity contribution in [2.24, 2.45) is 0 Å². The summed E-state index contributed by atoms with van der Waals surface area (Å²) in [5, 5.41) is 28.9. The first kappa shape index (κ1) is 18.1. The molecule has 0 amide bonds. The molecular weight excluding hydrogens is 237 g/mol. The summed E-state index contributed by atoms with van der Waals surface area (Å²) in [4.78, 5) is 0. The smallest absolute Gasteiger partial charge is 0.266 e. The maximum absolute atomic E-state index is 10.3. The van der Waals surface area contributed by atoms with Crippen LogP contribution in [0.25, 0.3) is 0 Å². The molecule has 0 spiro atoms. The minimum Gasteiger partial charge on any atom is -0.394 e. The van der Waals surface area contributed by atoms with E-state index in [-0.39, 0.29) is 36.1 Å². The molecule has 9 heteroatoms. The summed E-state index contributed by atoms with van der Waals surface area (Å²) in [7, 11) is -4.08. The first-order valence-electron chi connectivity index (χ1n) is 3.92. The van der Waals surface area contributed by atoms with E-state index in [1.54, 1.807) is 0 Å². The van der Waals surface area contributed by atoms with Crippen LogP contribution in [-0.2, 0) is 10.1 Å². The zero-order valence-corrected chi connectivity index (χ0v) is 11.4. The Labute approximate surface area is 111 Å². The second kappa shape index (κ2) is 7.93. The van der Waals surface area contributed by atoms with Gasteiger partial charge in [-0.2, -0.15) is 8.42 Å². The molecule has 0 atom stereocenters. The molecule has 0 aliphatic carbocycles. The van der Waals surface area contributed by atoms with Crippen molar-refractivity contribution >= 4 is 39.7 Å². The average Bonchev–Trinajstić information content (AvgIpc) is 2.11. The van der Waals surface area contributed by atoms with E-state index in [9.17, 15) is 8.42 Å². The topological polar surface area (TPSA) is 127 Å². The Balaban J connectivity index is 0. The fourth-order valence-corrected chi connectivity index (χ4v) is 1.12. The number of hydrogen-bond acceptors (Lipinski definition) is 6. The van der Waals surface area contributed by atoms with Gasteiger partial charge < -0.3 is 20.6 Å². The van der Waals surface area contributed by atoms with Crippen molar-refractivity contribution in [3.05, 3.63) is 0 Å². The molecule has 1 radical (unpaired) electrons. The van der Waals surface area contributed by atoms with Crippen LogP contribution >= 0.6 is 0 Å². The molecule has 7 nitrogen and oxygen atoms in total. The third-order valence-corrected chi connectivity index (χ3v) is 2.49. The number of rotatable bonds is 7. The Bertz CT molecular complexity index is 244. The maximum Gasteiger partial charge on any atom is 0.266 e. The van der Waals surface area contributed by atoms with Gasteiger partial charge in [0.1, 0.15) is 0 Å². The van der Waals surface area contributed by atoms with Gasteiger partial charge in [0, 0.05) is 36.1 Å². The molecular formula is C6H15NNaO6S. The normalized spacial score (nSPS) is 12.3. The van der Waals surface area contributed by atoms with Crippen molar-refractivity contribution in [2.75, 3.05) is 32.1 Å². The van der Waals surface area contributed by atoms with Crippen LogP contribution in [0.4, 0.5) is 0 Å². The Kier molecular flexibility index (Phi) is 9.58. The molecule has 0 aromatic heterocycles. The zero-order chi connectivity index (χ0) is 11.2. The van der Waals surface area contributed by atoms with Crippen LogP contribution in [0.1, 0.15) is 0 Å². The largest absolute Gasteiger partial charge is 0.394 e. The summed E-state index contributed by atoms with van der Waals surface area (Å²) in [6.07, 6.45) is 0. The van der Waals surface area contributed by atoms with Crippen LogP contribution in [0.15, 0.2) is 0 Å². The average molecular weight is 252 g/mol. The van der Waals surface area contributed by atoms with E-state index in [0.717, 1.165) is 0 Å². The first-order chi connectivity index (χ1) is 6.39. The molecule has 87 valence electrons. The summed E-state index contributed by atoms with van der Waals surface area (Å²) in [6.45, 7) is -1.77. The molecule has 15 heavy (non-hydrogen) atoms. The molecule has 0 rings (SSSR count). The number of aliphatic hydroxyl groups excluding tert-OH is 3. The molecule has 5 N–H and O–H groups in total. The van der Waals surface area contributed by atoms with Crippen LogP contribution in [0.2, 0.25) is 0 Å². The van der Waals surface area contributed by atoms with E-state index in [1.165, 1.54) is 0 Å². The standard InChI is InChI=1S/C6H15NO6S.Na/c8-3-6(4-9,5-10)7-1-2-14(11,12)13;/h7-10H,1-5H2,(H,11,12,13);. The van der Waals surface area contributed by atoms with Crippen molar-refractivity contribution in [1.29, 1.82) is 0 Å². The van der Waals surface area contributed by atoms with Crippen molar-refractivity contribution in [3.63, 3.8) is 0 Å². The quantitative estimate of drug-likeness (QED) is 0.238. The van der Waals surface area contributed by atoms with Crippen molar-refractivity contribution < 1.29 is 28.3 Å². The minimum absolute atomic E-state index is 0. The van der Waals surface area contributed by atoms with Crippen LogP contribution < -0.4 is 5.32 Å². The minimum atomic E-state index is -4.08. The number of nitrogens with one attached hydrogen (secondary N) is 1. The van der Waals surface area contributed by atoms with Gasteiger partial charge in [0.15, 0.2) is 0 Å².